The third-order valence-electron chi connectivity index (χ3n) is 5.24. The van der Waals surface area contributed by atoms with Crippen LogP contribution in [0.25, 0.3) is 22.4 Å². The molecule has 1 aromatic heterocycles. The number of alkyl halides is 3. The second-order valence-electron chi connectivity index (χ2n) is 7.14. The summed E-state index contributed by atoms with van der Waals surface area (Å²) in [7, 11) is 4.57. The number of nitrogens with one attached hydrogen (secondary N) is 1. The van der Waals surface area contributed by atoms with Crippen molar-refractivity contribution in [3.63, 3.8) is 0 Å². The van der Waals surface area contributed by atoms with Gasteiger partial charge < -0.3 is 19.2 Å². The maximum Gasteiger partial charge on any atom is 0.416 e. The highest BCUT2D eigenvalue weighted by Crippen LogP contribution is 2.41. The highest BCUT2D eigenvalue weighted by molar-refractivity contribution is 5.83. The first-order valence-electron chi connectivity index (χ1n) is 9.78. The maximum absolute atomic E-state index is 13.4. The van der Waals surface area contributed by atoms with Crippen molar-refractivity contribution in [1.29, 1.82) is 0 Å². The lowest BCUT2D eigenvalue weighted by Gasteiger charge is -2.13. The number of nitrogens with zero attached hydrogens (tertiary/aromatic N) is 1. The van der Waals surface area contributed by atoms with Crippen molar-refractivity contribution in [1.82, 2.24) is 9.97 Å². The van der Waals surface area contributed by atoms with E-state index in [2.05, 4.69) is 9.97 Å². The zero-order valence-corrected chi connectivity index (χ0v) is 17.7. The molecule has 32 heavy (non-hydrogen) atoms. The summed E-state index contributed by atoms with van der Waals surface area (Å²) < 4.78 is 56.5. The summed E-state index contributed by atoms with van der Waals surface area (Å²) >= 11 is 0. The summed E-state index contributed by atoms with van der Waals surface area (Å²) in [6, 6.07) is 14.5. The molecule has 0 fully saturated rings. The zero-order valence-electron chi connectivity index (χ0n) is 17.7. The topological polar surface area (TPSA) is 56.4 Å². The van der Waals surface area contributed by atoms with Gasteiger partial charge in [-0.3, -0.25) is 0 Å². The predicted molar refractivity (Wildman–Crippen MR) is 115 cm³/mol. The number of rotatable bonds is 6. The van der Waals surface area contributed by atoms with Gasteiger partial charge in [-0.15, -0.1) is 0 Å². The molecule has 1 N–H and O–H groups in total. The molecule has 1 heterocycles. The van der Waals surface area contributed by atoms with Gasteiger partial charge in [-0.25, -0.2) is 4.98 Å². The molecular formula is C24H21F3N2O3. The van der Waals surface area contributed by atoms with Gasteiger partial charge in [0.25, 0.3) is 0 Å². The summed E-state index contributed by atoms with van der Waals surface area (Å²) in [4.78, 5) is 7.93. The molecule has 0 aliphatic carbocycles. The standard InChI is InChI=1S/C24H21F3N2O3/c1-30-19-12-16(13-20(31-2)22(19)32-3)23-28-18-10-6-8-15(21(18)29-23)11-14-7-4-5-9-17(14)24(25,26)27/h4-10,12-13H,11H2,1-3H3,(H,28,29). The molecule has 0 atom stereocenters. The maximum atomic E-state index is 13.4. The summed E-state index contributed by atoms with van der Waals surface area (Å²) in [5.41, 5.74) is 2.26. The monoisotopic (exact) mass is 442 g/mol. The molecular weight excluding hydrogens is 421 g/mol. The molecule has 0 aliphatic heterocycles. The van der Waals surface area contributed by atoms with Gasteiger partial charge in [-0.1, -0.05) is 30.3 Å². The van der Waals surface area contributed by atoms with Crippen molar-refractivity contribution in [2.45, 2.75) is 12.6 Å². The van der Waals surface area contributed by atoms with E-state index in [1.807, 2.05) is 6.07 Å². The lowest BCUT2D eigenvalue weighted by molar-refractivity contribution is -0.138. The first-order chi connectivity index (χ1) is 15.4. The molecule has 0 unspecified atom stereocenters. The molecule has 4 rings (SSSR count). The Labute approximate surface area is 182 Å². The normalized spacial score (nSPS) is 11.6. The van der Waals surface area contributed by atoms with Gasteiger partial charge in [0, 0.05) is 12.0 Å². The van der Waals surface area contributed by atoms with Gasteiger partial charge in [-0.05, 0) is 35.4 Å². The van der Waals surface area contributed by atoms with Gasteiger partial charge in [0.1, 0.15) is 5.82 Å². The number of halogens is 3. The molecule has 0 aliphatic rings. The average Bonchev–Trinajstić information content (AvgIpc) is 3.23. The zero-order chi connectivity index (χ0) is 22.9. The summed E-state index contributed by atoms with van der Waals surface area (Å²) in [6.07, 6.45) is -4.32. The van der Waals surface area contributed by atoms with Crippen LogP contribution in [0, 0.1) is 0 Å². The lowest BCUT2D eigenvalue weighted by atomic mass is 9.98. The molecule has 3 aromatic carbocycles. The Hall–Kier alpha value is -3.68. The van der Waals surface area contributed by atoms with E-state index in [4.69, 9.17) is 14.2 Å². The van der Waals surface area contributed by atoms with E-state index in [0.29, 0.717) is 39.7 Å². The van der Waals surface area contributed by atoms with Crippen LogP contribution in [-0.2, 0) is 12.6 Å². The van der Waals surface area contributed by atoms with Crippen LogP contribution < -0.4 is 14.2 Å². The Bertz CT molecular complexity index is 1240. The number of benzene rings is 3. The molecule has 0 spiro atoms. The van der Waals surface area contributed by atoms with Crippen LogP contribution >= 0.6 is 0 Å². The largest absolute Gasteiger partial charge is 0.493 e. The van der Waals surface area contributed by atoms with Crippen molar-refractivity contribution in [3.8, 4) is 28.6 Å². The van der Waals surface area contributed by atoms with Gasteiger partial charge >= 0.3 is 6.18 Å². The van der Waals surface area contributed by atoms with Crippen molar-refractivity contribution in [2.24, 2.45) is 0 Å². The summed E-state index contributed by atoms with van der Waals surface area (Å²) in [5.74, 6) is 1.94. The van der Waals surface area contributed by atoms with Crippen LogP contribution in [0.1, 0.15) is 16.7 Å². The number of ether oxygens (including phenoxy) is 3. The minimum atomic E-state index is -4.42. The molecule has 0 saturated heterocycles. The van der Waals surface area contributed by atoms with Gasteiger partial charge in [0.15, 0.2) is 11.5 Å². The van der Waals surface area contributed by atoms with E-state index in [1.54, 1.807) is 30.3 Å². The van der Waals surface area contributed by atoms with Crippen LogP contribution in [-0.4, -0.2) is 31.3 Å². The quantitative estimate of drug-likeness (QED) is 0.406. The molecule has 8 heteroatoms. The third-order valence-corrected chi connectivity index (χ3v) is 5.24. The second-order valence-corrected chi connectivity index (χ2v) is 7.14. The molecule has 4 aromatic rings. The molecule has 0 radical (unpaired) electrons. The Morgan fingerprint density at radius 2 is 1.50 bits per heavy atom. The van der Waals surface area contributed by atoms with E-state index in [0.717, 1.165) is 11.6 Å². The van der Waals surface area contributed by atoms with Crippen molar-refractivity contribution < 1.29 is 27.4 Å². The first-order valence-corrected chi connectivity index (χ1v) is 9.78. The first kappa shape index (κ1) is 21.5. The SMILES string of the molecule is COc1cc(-c2nc3c(Cc4ccccc4C(F)(F)F)cccc3[nH]2)cc(OC)c1OC. The third kappa shape index (κ3) is 3.95. The number of imidazole rings is 1. The van der Waals surface area contributed by atoms with E-state index < -0.39 is 11.7 Å². The molecule has 0 saturated carbocycles. The number of aromatic nitrogens is 2. The Kier molecular flexibility index (Phi) is 5.69. The van der Waals surface area contributed by atoms with Crippen LogP contribution in [0.5, 0.6) is 17.2 Å². The number of methoxy groups -OCH3 is 3. The minimum Gasteiger partial charge on any atom is -0.493 e. The van der Waals surface area contributed by atoms with Crippen molar-refractivity contribution >= 4 is 11.0 Å². The number of H-pyrrole nitrogens is 1. The minimum absolute atomic E-state index is 0.104. The number of aromatic amines is 1. The molecule has 5 nitrogen and oxygen atoms in total. The molecule has 0 bridgehead atoms. The number of para-hydroxylation sites is 1. The second kappa shape index (κ2) is 8.45. The number of fused-ring (bicyclic) bond motifs is 1. The summed E-state index contributed by atoms with van der Waals surface area (Å²) in [6.45, 7) is 0. The van der Waals surface area contributed by atoms with Gasteiger partial charge in [0.2, 0.25) is 5.75 Å². The van der Waals surface area contributed by atoms with Crippen LogP contribution in [0.3, 0.4) is 0 Å². The Morgan fingerprint density at radius 3 is 2.12 bits per heavy atom. The predicted octanol–water partition coefficient (Wildman–Crippen LogP) is 5.87. The van der Waals surface area contributed by atoms with E-state index in [1.165, 1.54) is 33.5 Å². The summed E-state index contributed by atoms with van der Waals surface area (Å²) in [5, 5.41) is 0. The van der Waals surface area contributed by atoms with Crippen LogP contribution in [0.2, 0.25) is 0 Å². The number of hydrogen-bond donors (Lipinski definition) is 1. The van der Waals surface area contributed by atoms with E-state index >= 15 is 0 Å². The fourth-order valence-corrected chi connectivity index (χ4v) is 3.74. The van der Waals surface area contributed by atoms with Crippen LogP contribution in [0.4, 0.5) is 13.2 Å². The molecule has 0 amide bonds. The van der Waals surface area contributed by atoms with Crippen LogP contribution in [0.15, 0.2) is 54.6 Å². The Morgan fingerprint density at radius 1 is 0.844 bits per heavy atom. The Balaban J connectivity index is 1.79. The van der Waals surface area contributed by atoms with Crippen molar-refractivity contribution in [2.75, 3.05) is 21.3 Å². The highest BCUT2D eigenvalue weighted by Gasteiger charge is 2.33. The van der Waals surface area contributed by atoms with Crippen molar-refractivity contribution in [3.05, 3.63) is 71.3 Å². The average molecular weight is 442 g/mol. The number of hydrogen-bond acceptors (Lipinski definition) is 4. The fraction of sp³-hybridized carbons (Fsp3) is 0.208. The van der Waals surface area contributed by atoms with Gasteiger partial charge in [0.05, 0.1) is 37.9 Å². The smallest absolute Gasteiger partial charge is 0.416 e. The highest BCUT2D eigenvalue weighted by atomic mass is 19.4. The van der Waals surface area contributed by atoms with Gasteiger partial charge in [-0.2, -0.15) is 13.2 Å². The van der Waals surface area contributed by atoms with E-state index in [9.17, 15) is 13.2 Å². The molecule has 166 valence electrons. The lowest BCUT2D eigenvalue weighted by Crippen LogP contribution is -2.09. The fourth-order valence-electron chi connectivity index (χ4n) is 3.74. The van der Waals surface area contributed by atoms with E-state index in [-0.39, 0.29) is 12.0 Å².